The molecule has 0 atom stereocenters. The van der Waals surface area contributed by atoms with Crippen molar-refractivity contribution in [2.45, 2.75) is 154 Å². The number of hydrogen-bond donors (Lipinski definition) is 7. The van der Waals surface area contributed by atoms with Gasteiger partial charge in [-0.05, 0) is 285 Å². The lowest BCUT2D eigenvalue weighted by Crippen LogP contribution is -2.39. The zero-order valence-electron chi connectivity index (χ0n) is 82.3. The fourth-order valence-corrected chi connectivity index (χ4v) is 18.1. The van der Waals surface area contributed by atoms with Crippen molar-refractivity contribution >= 4 is 87.3 Å². The van der Waals surface area contributed by atoms with Crippen LogP contribution in [0.3, 0.4) is 0 Å². The maximum absolute atomic E-state index is 13.8. The highest BCUT2D eigenvalue weighted by atomic mass is 35.5. The molecule has 11 heterocycles. The topological polar surface area (TPSA) is 310 Å². The van der Waals surface area contributed by atoms with Crippen LogP contribution in [0.25, 0.3) is 33.8 Å². The van der Waals surface area contributed by atoms with Gasteiger partial charge in [0.2, 0.25) is 0 Å². The number of aromatic nitrogens is 6. The number of amides is 7. The number of nitrogens with zero attached hydrogens (tertiary/aromatic N) is 12. The molecule has 5 saturated heterocycles. The molecule has 0 spiro atoms. The molecular weight excluding hydrogens is 1930 g/mol. The van der Waals surface area contributed by atoms with Crippen molar-refractivity contribution in [1.82, 2.24) is 65.9 Å². The van der Waals surface area contributed by atoms with Gasteiger partial charge in [-0.2, -0.15) is 39.5 Å². The molecule has 148 heavy (non-hydrogen) atoms. The molecule has 6 aromatic heterocycles. The van der Waals surface area contributed by atoms with Crippen LogP contribution in [0.1, 0.15) is 204 Å². The lowest BCUT2D eigenvalue weighted by molar-refractivity contribution is -0.138. The first-order valence-corrected chi connectivity index (χ1v) is 50.1. The Kier molecular flexibility index (Phi) is 36.4. The fraction of sp³-hybridized carbons (Fsp3) is 0.342. The van der Waals surface area contributed by atoms with Crippen molar-refractivity contribution in [2.75, 3.05) is 122 Å². The van der Waals surface area contributed by atoms with E-state index >= 15 is 0 Å². The Labute approximate surface area is 857 Å². The summed E-state index contributed by atoms with van der Waals surface area (Å²) in [5.41, 5.74) is 9.33. The molecular formula is C111H117ClF9N19O8. The Balaban J connectivity index is 0.000000168. The first kappa shape index (κ1) is 107. The van der Waals surface area contributed by atoms with Crippen molar-refractivity contribution in [2.24, 2.45) is 0 Å². The van der Waals surface area contributed by atoms with Crippen molar-refractivity contribution < 1.29 is 77.8 Å². The van der Waals surface area contributed by atoms with Crippen LogP contribution < -0.4 is 51.9 Å². The predicted octanol–water partition coefficient (Wildman–Crippen LogP) is 21.0. The number of rotatable bonds is 26. The van der Waals surface area contributed by atoms with Crippen molar-refractivity contribution in [3.05, 3.63) is 321 Å². The van der Waals surface area contributed by atoms with E-state index in [9.17, 15) is 73.1 Å². The number of benzene rings is 6. The minimum absolute atomic E-state index is 0.0765. The quantitative estimate of drug-likeness (QED) is 0.0196. The predicted molar refractivity (Wildman–Crippen MR) is 552 cm³/mol. The number of hydrogen-bond acceptors (Lipinski definition) is 20. The van der Waals surface area contributed by atoms with Gasteiger partial charge >= 0.3 is 24.6 Å². The zero-order chi connectivity index (χ0) is 104. The molecule has 0 bridgehead atoms. The summed E-state index contributed by atoms with van der Waals surface area (Å²) in [4.78, 5) is 133. The number of carbonyl (C=O) groups excluding carboxylic acids is 7. The molecule has 0 aliphatic carbocycles. The van der Waals surface area contributed by atoms with Crippen LogP contribution in [-0.2, 0) is 61.9 Å². The molecule has 0 unspecified atom stereocenters. The second-order valence-electron chi connectivity index (χ2n) is 37.8. The standard InChI is InChI=1S/C42H48F3N7O4.C37H40F3N7O2.C32H29ClF3N5O2/c1-41(2,3)56-40(55)52-21-9-18-50(22-23-52)28-32-12-8-13-36(48-32)39(54)49-35-15-14-33(51-19-5-4-6-20-51)26-34(35)37-25-30(16-17-46-37)38(53)47-27-29-10-7-11-31(24-29)42(43,44)45;38-37(39,40)28-8-4-7-26(21-28)24-43-35(48)27-13-15-42-34(22-27)31-23-30(47-18-2-1-3-19-47)11-12-32(31)45-36(49)33-10-5-9-29(44-33)25-46-17-6-14-41-16-20-46;33-19-24-8-5-9-28(39-24)31(43)40-27-11-10-25(41-14-2-1-3-15-41)18-26(27)29-17-22(12-13-37-29)30(42)38-20-21-6-4-7-23(16-21)32(34,35)36/h7-8,10-17,24-26H,4-6,9,18-23,27-28H2,1-3H3,(H,47,53)(H,49,54);4-5,7-13,15,21-23,41H,1-3,6,14,16-20,24-25H2,(H,43,48)(H,45,49);4-13,16-18H,1-3,14-15,19-20H2,(H,38,42)(H,40,43). The number of pyridine rings is 6. The molecule has 0 saturated carbocycles. The second-order valence-corrected chi connectivity index (χ2v) is 38.0. The molecule has 17 rings (SSSR count). The maximum Gasteiger partial charge on any atom is 0.416 e. The van der Waals surface area contributed by atoms with E-state index in [4.69, 9.17) is 21.3 Å². The van der Waals surface area contributed by atoms with Crippen LogP contribution in [0.4, 0.5) is 78.4 Å². The van der Waals surface area contributed by atoms with E-state index in [-0.39, 0.29) is 65.6 Å². The summed E-state index contributed by atoms with van der Waals surface area (Å²) >= 11 is 5.90. The van der Waals surface area contributed by atoms with Gasteiger partial charge in [-0.3, -0.25) is 53.5 Å². The third-order valence-corrected chi connectivity index (χ3v) is 25.9. The second kappa shape index (κ2) is 50.1. The van der Waals surface area contributed by atoms with Crippen LogP contribution in [0, 0.1) is 0 Å². The third kappa shape index (κ3) is 30.5. The highest BCUT2D eigenvalue weighted by Crippen LogP contribution is 2.40. The third-order valence-electron chi connectivity index (χ3n) is 25.6. The minimum Gasteiger partial charge on any atom is -0.444 e. The van der Waals surface area contributed by atoms with Gasteiger partial charge in [-0.15, -0.1) is 11.6 Å². The summed E-state index contributed by atoms with van der Waals surface area (Å²) in [5.74, 6) is -2.44. The Bertz CT molecular complexity index is 6660. The van der Waals surface area contributed by atoms with Crippen molar-refractivity contribution in [3.8, 4) is 33.8 Å². The van der Waals surface area contributed by atoms with Gasteiger partial charge in [0.1, 0.15) is 22.7 Å². The van der Waals surface area contributed by atoms with Gasteiger partial charge < -0.3 is 61.6 Å². The van der Waals surface area contributed by atoms with Crippen LogP contribution in [0.15, 0.2) is 237 Å². The van der Waals surface area contributed by atoms with Crippen LogP contribution in [0.2, 0.25) is 0 Å². The Morgan fingerprint density at radius 3 is 1.05 bits per heavy atom. The summed E-state index contributed by atoms with van der Waals surface area (Å²) in [6.45, 7) is 18.2. The molecule has 27 nitrogen and oxygen atoms in total. The molecule has 7 amide bonds. The molecule has 5 aliphatic rings. The van der Waals surface area contributed by atoms with Crippen LogP contribution >= 0.6 is 11.6 Å². The summed E-state index contributed by atoms with van der Waals surface area (Å²) in [6.07, 6.45) is 2.54. The number of nitrogens with one attached hydrogen (secondary N) is 7. The van der Waals surface area contributed by atoms with E-state index < -0.39 is 70.4 Å². The lowest BCUT2D eigenvalue weighted by Gasteiger charge is -2.29. The van der Waals surface area contributed by atoms with Gasteiger partial charge in [-0.1, -0.05) is 54.6 Å². The molecule has 37 heteroatoms. The zero-order valence-corrected chi connectivity index (χ0v) is 83.1. The number of anilines is 6. The Morgan fingerprint density at radius 1 is 0.345 bits per heavy atom. The number of halogens is 10. The molecule has 0 radical (unpaired) electrons. The van der Waals surface area contributed by atoms with Crippen molar-refractivity contribution in [1.29, 1.82) is 0 Å². The smallest absolute Gasteiger partial charge is 0.416 e. The minimum atomic E-state index is -4.49. The highest BCUT2D eigenvalue weighted by Gasteiger charge is 2.35. The fourth-order valence-electron chi connectivity index (χ4n) is 18.0. The number of piperidine rings is 3. The SMILES string of the molecule is CC(C)(C)OC(=O)N1CCCN(Cc2cccc(C(=O)Nc3ccc(N4CCCCC4)cc3-c3cc(C(=O)NCc4cccc(C(F)(F)F)c4)ccn3)n2)CC1.O=C(NCc1cccc(C(F)(F)F)c1)c1ccnc(-c2cc(N3CCCCC3)ccc2NC(=O)c2cccc(CCl)n2)c1.O=C(NCc1cccc(C(F)(F)F)c1)c1ccnc(-c2cc(N3CCCCC3)ccc2NC(=O)c2cccc(CN3CCCNCC3)n2)c1. The van der Waals surface area contributed by atoms with E-state index in [0.717, 1.165) is 195 Å². The van der Waals surface area contributed by atoms with Gasteiger partial charge in [0, 0.05) is 180 Å². The number of ether oxygens (including phenoxy) is 1. The molecule has 774 valence electrons. The van der Waals surface area contributed by atoms with E-state index in [1.807, 2.05) is 93.6 Å². The lowest BCUT2D eigenvalue weighted by atomic mass is 10.0. The Hall–Kier alpha value is -14.8. The Morgan fingerprint density at radius 2 is 0.689 bits per heavy atom. The number of alkyl halides is 10. The van der Waals surface area contributed by atoms with E-state index in [0.29, 0.717) is 112 Å². The molecule has 5 fully saturated rings. The summed E-state index contributed by atoms with van der Waals surface area (Å²) < 4.78 is 124. The summed E-state index contributed by atoms with van der Waals surface area (Å²) in [7, 11) is 0. The summed E-state index contributed by atoms with van der Waals surface area (Å²) in [5, 5.41) is 20.5. The van der Waals surface area contributed by atoms with Gasteiger partial charge in [-0.25, -0.2) is 19.7 Å². The molecule has 7 N–H and O–H groups in total. The van der Waals surface area contributed by atoms with Crippen LogP contribution in [-0.4, -0.2) is 183 Å². The monoisotopic (exact) mass is 2050 g/mol. The van der Waals surface area contributed by atoms with Crippen molar-refractivity contribution in [3.63, 3.8) is 0 Å². The maximum atomic E-state index is 13.8. The largest absolute Gasteiger partial charge is 0.444 e. The first-order valence-electron chi connectivity index (χ1n) is 49.6. The van der Waals surface area contributed by atoms with Gasteiger partial charge in [0.15, 0.2) is 0 Å². The van der Waals surface area contributed by atoms with Gasteiger partial charge in [0.05, 0.1) is 73.8 Å². The van der Waals surface area contributed by atoms with E-state index in [2.05, 4.69) is 86.6 Å². The molecule has 6 aromatic carbocycles. The van der Waals surface area contributed by atoms with Crippen LogP contribution in [0.5, 0.6) is 0 Å². The molecule has 5 aliphatic heterocycles. The molecule has 12 aromatic rings. The summed E-state index contributed by atoms with van der Waals surface area (Å²) in [6, 6.07) is 57.1. The normalized spacial score (nSPS) is 15.0. The van der Waals surface area contributed by atoms with E-state index in [1.165, 1.54) is 80.0 Å². The average molecular weight is 2050 g/mol. The average Bonchev–Trinajstić information content (AvgIpc) is 0.801. The van der Waals surface area contributed by atoms with E-state index in [1.54, 1.807) is 65.6 Å². The number of carbonyl (C=O) groups is 7. The highest BCUT2D eigenvalue weighted by molar-refractivity contribution is 6.17. The first-order chi connectivity index (χ1) is 71.1. The van der Waals surface area contributed by atoms with Gasteiger partial charge in [0.25, 0.3) is 35.4 Å².